The number of ketones is 1. The molecule has 1 aromatic rings. The highest BCUT2D eigenvalue weighted by Crippen LogP contribution is 2.49. The van der Waals surface area contributed by atoms with Crippen molar-refractivity contribution in [3.05, 3.63) is 35.1 Å². The van der Waals surface area contributed by atoms with Crippen LogP contribution in [0.3, 0.4) is 0 Å². The second kappa shape index (κ2) is 7.95. The molecule has 2 aliphatic heterocycles. The molecule has 1 aliphatic carbocycles. The van der Waals surface area contributed by atoms with Gasteiger partial charge in [0.1, 0.15) is 6.10 Å². The lowest BCUT2D eigenvalue weighted by molar-refractivity contribution is -0.138. The number of fused-ring (bicyclic) bond motifs is 1. The maximum absolute atomic E-state index is 13.7. The predicted octanol–water partition coefficient (Wildman–Crippen LogP) is 2.83. The number of phenolic OH excluding ortho intramolecular Hbond substituents is 1. The van der Waals surface area contributed by atoms with Crippen molar-refractivity contribution >= 4 is 11.7 Å². The summed E-state index contributed by atoms with van der Waals surface area (Å²) in [6.07, 6.45) is 1.50. The summed E-state index contributed by atoms with van der Waals surface area (Å²) in [7, 11) is 3.04. The molecule has 5 unspecified atom stereocenters. The maximum Gasteiger partial charge on any atom is 0.290 e. The lowest BCUT2D eigenvalue weighted by atomic mass is 9.69. The monoisotopic (exact) mass is 415 g/mol. The first-order chi connectivity index (χ1) is 14.4. The Hall–Kier alpha value is -2.54. The van der Waals surface area contributed by atoms with Gasteiger partial charge in [0.15, 0.2) is 23.0 Å². The molecule has 2 heterocycles. The first-order valence-corrected chi connectivity index (χ1v) is 10.5. The molecule has 1 saturated carbocycles. The number of aromatic hydroxyl groups is 1. The zero-order chi connectivity index (χ0) is 21.6. The van der Waals surface area contributed by atoms with E-state index in [4.69, 9.17) is 14.2 Å². The Morgan fingerprint density at radius 1 is 1.20 bits per heavy atom. The average Bonchev–Trinajstić information content (AvgIpc) is 2.98. The van der Waals surface area contributed by atoms with Gasteiger partial charge in [0.25, 0.3) is 5.91 Å². The van der Waals surface area contributed by atoms with E-state index in [-0.39, 0.29) is 41.1 Å². The number of hydrogen-bond donors (Lipinski definition) is 1. The summed E-state index contributed by atoms with van der Waals surface area (Å²) in [6.45, 7) is 4.93. The van der Waals surface area contributed by atoms with Gasteiger partial charge in [-0.2, -0.15) is 0 Å². The van der Waals surface area contributed by atoms with Crippen LogP contribution in [-0.2, 0) is 19.1 Å². The molecular formula is C23H29NO6. The molecule has 1 fully saturated rings. The van der Waals surface area contributed by atoms with Crippen molar-refractivity contribution in [3.63, 3.8) is 0 Å². The Morgan fingerprint density at radius 3 is 2.67 bits per heavy atom. The van der Waals surface area contributed by atoms with E-state index in [9.17, 15) is 14.7 Å². The summed E-state index contributed by atoms with van der Waals surface area (Å²) in [6, 6.07) is 4.33. The van der Waals surface area contributed by atoms with Crippen molar-refractivity contribution in [3.8, 4) is 11.5 Å². The van der Waals surface area contributed by atoms with Gasteiger partial charge in [0, 0.05) is 13.7 Å². The highest BCUT2D eigenvalue weighted by Gasteiger charge is 2.54. The average molecular weight is 415 g/mol. The van der Waals surface area contributed by atoms with Crippen LogP contribution in [0.15, 0.2) is 29.5 Å². The summed E-state index contributed by atoms with van der Waals surface area (Å²) in [5, 5.41) is 10.0. The van der Waals surface area contributed by atoms with E-state index < -0.39 is 6.04 Å². The number of benzene rings is 1. The summed E-state index contributed by atoms with van der Waals surface area (Å²) >= 11 is 0. The molecule has 5 atom stereocenters. The van der Waals surface area contributed by atoms with Gasteiger partial charge in [0.2, 0.25) is 0 Å². The molecule has 0 bridgehead atoms. The molecule has 1 aromatic carbocycles. The second-order valence-electron chi connectivity index (χ2n) is 8.67. The molecule has 0 radical (unpaired) electrons. The highest BCUT2D eigenvalue weighted by atomic mass is 16.5. The van der Waals surface area contributed by atoms with E-state index in [1.165, 1.54) is 13.2 Å². The Morgan fingerprint density at radius 2 is 1.97 bits per heavy atom. The number of ether oxygens (including phenoxy) is 3. The minimum atomic E-state index is -0.586. The summed E-state index contributed by atoms with van der Waals surface area (Å²) in [4.78, 5) is 28.6. The van der Waals surface area contributed by atoms with Gasteiger partial charge < -0.3 is 24.2 Å². The van der Waals surface area contributed by atoms with E-state index in [1.54, 1.807) is 24.1 Å². The van der Waals surface area contributed by atoms with Gasteiger partial charge in [-0.05, 0) is 42.4 Å². The van der Waals surface area contributed by atoms with Gasteiger partial charge in [-0.15, -0.1) is 0 Å². The van der Waals surface area contributed by atoms with Crippen molar-refractivity contribution in [2.75, 3.05) is 27.4 Å². The van der Waals surface area contributed by atoms with Crippen molar-refractivity contribution in [1.29, 1.82) is 0 Å². The van der Waals surface area contributed by atoms with Gasteiger partial charge in [-0.1, -0.05) is 19.9 Å². The lowest BCUT2D eigenvalue weighted by Crippen LogP contribution is -2.45. The van der Waals surface area contributed by atoms with E-state index in [1.807, 2.05) is 0 Å². The third-order valence-corrected chi connectivity index (χ3v) is 6.60. The summed E-state index contributed by atoms with van der Waals surface area (Å²) in [5.74, 6) is 0.606. The third kappa shape index (κ3) is 3.25. The molecule has 0 saturated heterocycles. The van der Waals surface area contributed by atoms with Crippen LogP contribution in [0.1, 0.15) is 38.3 Å². The zero-order valence-electron chi connectivity index (χ0n) is 17.9. The first-order valence-electron chi connectivity index (χ1n) is 10.5. The van der Waals surface area contributed by atoms with Gasteiger partial charge >= 0.3 is 0 Å². The van der Waals surface area contributed by atoms with Crippen LogP contribution in [0.4, 0.5) is 0 Å². The molecule has 7 heteroatoms. The van der Waals surface area contributed by atoms with Crippen LogP contribution in [0, 0.1) is 17.8 Å². The van der Waals surface area contributed by atoms with Crippen LogP contribution in [0.25, 0.3) is 0 Å². The standard InChI is InChI=1S/C23H29NO6/c1-12-9-13(2)18-17(10-12)30-22-19(21(18)26)20(24(23(22)27)7-8-28-3)14-5-6-15(25)16(11-14)29-4/h5-6,11-13,17-18,20,25H,7-10H2,1-4H3. The first kappa shape index (κ1) is 20.7. The van der Waals surface area contributed by atoms with E-state index >= 15 is 0 Å². The normalized spacial score (nSPS) is 30.8. The van der Waals surface area contributed by atoms with Crippen LogP contribution in [0.5, 0.6) is 11.5 Å². The highest BCUT2D eigenvalue weighted by molar-refractivity contribution is 6.11. The fourth-order valence-electron chi connectivity index (χ4n) is 5.30. The van der Waals surface area contributed by atoms with Crippen molar-refractivity contribution < 1.29 is 28.9 Å². The molecule has 3 aliphatic rings. The Labute approximate surface area is 176 Å². The number of phenols is 1. The summed E-state index contributed by atoms with van der Waals surface area (Å²) in [5.41, 5.74) is 1.12. The number of rotatable bonds is 5. The number of amides is 1. The number of methoxy groups -OCH3 is 2. The minimum Gasteiger partial charge on any atom is -0.504 e. The van der Waals surface area contributed by atoms with Crippen LogP contribution in [-0.4, -0.2) is 55.2 Å². The molecule has 30 heavy (non-hydrogen) atoms. The smallest absolute Gasteiger partial charge is 0.290 e. The largest absolute Gasteiger partial charge is 0.504 e. The van der Waals surface area contributed by atoms with E-state index in [2.05, 4.69) is 13.8 Å². The van der Waals surface area contributed by atoms with Crippen molar-refractivity contribution in [2.45, 2.75) is 38.8 Å². The molecular weight excluding hydrogens is 386 g/mol. The van der Waals surface area contributed by atoms with Crippen molar-refractivity contribution in [1.82, 2.24) is 4.90 Å². The fraction of sp³-hybridized carbons (Fsp3) is 0.565. The van der Waals surface area contributed by atoms with Gasteiger partial charge in [0.05, 0.1) is 31.2 Å². The molecule has 162 valence electrons. The SMILES string of the molecule is COCCN1C(=O)C2=C(C(=O)C3C(C)CC(C)CC3O2)C1c1ccc(O)c(OC)c1. The Balaban J connectivity index is 1.80. The molecule has 1 N–H and O–H groups in total. The van der Waals surface area contributed by atoms with Gasteiger partial charge in [-0.3, -0.25) is 9.59 Å². The van der Waals surface area contributed by atoms with Crippen LogP contribution < -0.4 is 4.74 Å². The Kier molecular flexibility index (Phi) is 5.49. The molecule has 7 nitrogen and oxygen atoms in total. The minimum absolute atomic E-state index is 0.00407. The van der Waals surface area contributed by atoms with Crippen molar-refractivity contribution in [2.24, 2.45) is 17.8 Å². The molecule has 0 spiro atoms. The lowest BCUT2D eigenvalue weighted by Gasteiger charge is -2.41. The zero-order valence-corrected chi connectivity index (χ0v) is 17.9. The number of carbonyl (C=O) groups excluding carboxylic acids is 2. The van der Waals surface area contributed by atoms with Crippen LogP contribution >= 0.6 is 0 Å². The topological polar surface area (TPSA) is 85.3 Å². The van der Waals surface area contributed by atoms with Gasteiger partial charge in [-0.25, -0.2) is 0 Å². The van der Waals surface area contributed by atoms with E-state index in [0.717, 1.165) is 12.8 Å². The van der Waals surface area contributed by atoms with Crippen LogP contribution in [0.2, 0.25) is 0 Å². The number of hydrogen-bond acceptors (Lipinski definition) is 6. The maximum atomic E-state index is 13.7. The molecule has 1 amide bonds. The Bertz CT molecular complexity index is 894. The second-order valence-corrected chi connectivity index (χ2v) is 8.67. The fourth-order valence-corrected chi connectivity index (χ4v) is 5.30. The number of Topliss-reactive ketones (excluding diaryl/α,β-unsaturated/α-hetero) is 1. The molecule has 0 aromatic heterocycles. The summed E-state index contributed by atoms with van der Waals surface area (Å²) < 4.78 is 16.7. The third-order valence-electron chi connectivity index (χ3n) is 6.60. The number of carbonyl (C=O) groups is 2. The quantitative estimate of drug-likeness (QED) is 0.796. The predicted molar refractivity (Wildman–Crippen MR) is 109 cm³/mol. The number of nitrogens with zero attached hydrogens (tertiary/aromatic N) is 1. The van der Waals surface area contributed by atoms with E-state index in [0.29, 0.717) is 36.0 Å². The molecule has 4 rings (SSSR count).